The standard InChI is InChI=1S/C16H21N3O2/c1-12-7-9-19(10-8-12)11-15-17-16(21-18-15)13-3-5-14(20-2)6-4-13/h3-6,12H,7-11H2,1-2H3. The minimum Gasteiger partial charge on any atom is -0.497 e. The van der Waals surface area contributed by atoms with Gasteiger partial charge in [-0.1, -0.05) is 12.1 Å². The first-order valence-electron chi connectivity index (χ1n) is 7.44. The van der Waals surface area contributed by atoms with Gasteiger partial charge in [0.2, 0.25) is 0 Å². The van der Waals surface area contributed by atoms with Crippen molar-refractivity contribution in [3.05, 3.63) is 30.1 Å². The topological polar surface area (TPSA) is 51.4 Å². The van der Waals surface area contributed by atoms with Gasteiger partial charge in [-0.05, 0) is 56.1 Å². The van der Waals surface area contributed by atoms with Crippen molar-refractivity contribution in [2.45, 2.75) is 26.3 Å². The molecule has 1 saturated heterocycles. The van der Waals surface area contributed by atoms with E-state index in [2.05, 4.69) is 22.0 Å². The lowest BCUT2D eigenvalue weighted by Gasteiger charge is -2.28. The third kappa shape index (κ3) is 3.42. The van der Waals surface area contributed by atoms with Crippen molar-refractivity contribution in [3.63, 3.8) is 0 Å². The van der Waals surface area contributed by atoms with E-state index in [9.17, 15) is 0 Å². The highest BCUT2D eigenvalue weighted by Gasteiger charge is 2.18. The molecular formula is C16H21N3O2. The van der Waals surface area contributed by atoms with Crippen molar-refractivity contribution < 1.29 is 9.26 Å². The maximum Gasteiger partial charge on any atom is 0.257 e. The Morgan fingerprint density at radius 2 is 1.95 bits per heavy atom. The highest BCUT2D eigenvalue weighted by atomic mass is 16.5. The number of hydrogen-bond donors (Lipinski definition) is 0. The Hall–Kier alpha value is -1.88. The van der Waals surface area contributed by atoms with Crippen molar-refractivity contribution in [1.29, 1.82) is 0 Å². The Kier molecular flexibility index (Phi) is 4.20. The average molecular weight is 287 g/mol. The van der Waals surface area contributed by atoms with Gasteiger partial charge < -0.3 is 9.26 Å². The molecule has 0 amide bonds. The fraction of sp³-hybridized carbons (Fsp3) is 0.500. The van der Waals surface area contributed by atoms with Crippen LogP contribution in [0.2, 0.25) is 0 Å². The molecule has 1 aromatic heterocycles. The second-order valence-electron chi connectivity index (χ2n) is 5.70. The Balaban J connectivity index is 1.65. The molecule has 0 aliphatic carbocycles. The van der Waals surface area contributed by atoms with E-state index in [0.717, 1.165) is 42.7 Å². The third-order valence-electron chi connectivity index (χ3n) is 4.05. The van der Waals surface area contributed by atoms with Gasteiger partial charge in [0.15, 0.2) is 5.82 Å². The summed E-state index contributed by atoms with van der Waals surface area (Å²) < 4.78 is 10.5. The maximum absolute atomic E-state index is 5.36. The summed E-state index contributed by atoms with van der Waals surface area (Å²) in [5.74, 6) is 2.98. The highest BCUT2D eigenvalue weighted by molar-refractivity contribution is 5.54. The highest BCUT2D eigenvalue weighted by Crippen LogP contribution is 2.22. The van der Waals surface area contributed by atoms with Crippen LogP contribution >= 0.6 is 0 Å². The van der Waals surface area contributed by atoms with E-state index in [1.165, 1.54) is 12.8 Å². The smallest absolute Gasteiger partial charge is 0.257 e. The summed E-state index contributed by atoms with van der Waals surface area (Å²) in [6.07, 6.45) is 2.51. The number of piperidine rings is 1. The van der Waals surface area contributed by atoms with Gasteiger partial charge >= 0.3 is 0 Å². The number of hydrogen-bond acceptors (Lipinski definition) is 5. The van der Waals surface area contributed by atoms with Gasteiger partial charge in [0.25, 0.3) is 5.89 Å². The molecule has 2 aromatic rings. The summed E-state index contributed by atoms with van der Waals surface area (Å²) >= 11 is 0. The predicted molar refractivity (Wildman–Crippen MR) is 80.0 cm³/mol. The molecule has 0 bridgehead atoms. The molecule has 0 unspecified atom stereocenters. The summed E-state index contributed by atoms with van der Waals surface area (Å²) in [7, 11) is 1.65. The van der Waals surface area contributed by atoms with Crippen LogP contribution in [0.5, 0.6) is 5.75 Å². The quantitative estimate of drug-likeness (QED) is 0.865. The number of aromatic nitrogens is 2. The van der Waals surface area contributed by atoms with E-state index in [0.29, 0.717) is 5.89 Å². The molecule has 21 heavy (non-hydrogen) atoms. The van der Waals surface area contributed by atoms with Gasteiger partial charge in [-0.25, -0.2) is 0 Å². The zero-order valence-electron chi connectivity index (χ0n) is 12.6. The second kappa shape index (κ2) is 6.26. The van der Waals surface area contributed by atoms with Gasteiger partial charge in [0, 0.05) is 5.56 Å². The number of ether oxygens (including phenoxy) is 1. The summed E-state index contributed by atoms with van der Waals surface area (Å²) in [4.78, 5) is 6.88. The fourth-order valence-electron chi connectivity index (χ4n) is 2.59. The molecule has 0 saturated carbocycles. The first-order chi connectivity index (χ1) is 10.2. The molecule has 0 radical (unpaired) electrons. The maximum atomic E-state index is 5.36. The predicted octanol–water partition coefficient (Wildman–Crippen LogP) is 2.98. The number of nitrogens with zero attached hydrogens (tertiary/aromatic N) is 3. The molecule has 2 heterocycles. The molecule has 5 heteroatoms. The van der Waals surface area contributed by atoms with Crippen molar-refractivity contribution in [1.82, 2.24) is 15.0 Å². The lowest BCUT2D eigenvalue weighted by molar-refractivity contribution is 0.179. The minimum atomic E-state index is 0.568. The van der Waals surface area contributed by atoms with Gasteiger partial charge in [0.05, 0.1) is 13.7 Å². The van der Waals surface area contributed by atoms with Crippen LogP contribution in [0.15, 0.2) is 28.8 Å². The molecule has 0 atom stereocenters. The molecule has 5 nitrogen and oxygen atoms in total. The van der Waals surface area contributed by atoms with Crippen molar-refractivity contribution >= 4 is 0 Å². The van der Waals surface area contributed by atoms with E-state index in [4.69, 9.17) is 9.26 Å². The minimum absolute atomic E-state index is 0.568. The van der Waals surface area contributed by atoms with Crippen molar-refractivity contribution in [3.8, 4) is 17.2 Å². The molecule has 1 aliphatic heterocycles. The van der Waals surface area contributed by atoms with E-state index in [-0.39, 0.29) is 0 Å². The Bertz CT molecular complexity index is 571. The van der Waals surface area contributed by atoms with Crippen LogP contribution < -0.4 is 4.74 Å². The fourth-order valence-corrected chi connectivity index (χ4v) is 2.59. The zero-order chi connectivity index (χ0) is 14.7. The number of benzene rings is 1. The lowest BCUT2D eigenvalue weighted by Crippen LogP contribution is -2.32. The first-order valence-corrected chi connectivity index (χ1v) is 7.44. The summed E-state index contributed by atoms with van der Waals surface area (Å²) in [6, 6.07) is 7.65. The second-order valence-corrected chi connectivity index (χ2v) is 5.70. The van der Waals surface area contributed by atoms with Gasteiger partial charge in [0.1, 0.15) is 5.75 Å². The van der Waals surface area contributed by atoms with Gasteiger partial charge in [-0.15, -0.1) is 0 Å². The van der Waals surface area contributed by atoms with E-state index >= 15 is 0 Å². The van der Waals surface area contributed by atoms with E-state index in [1.807, 2.05) is 24.3 Å². The summed E-state index contributed by atoms with van der Waals surface area (Å²) in [5, 5.41) is 4.09. The Morgan fingerprint density at radius 1 is 1.24 bits per heavy atom. The van der Waals surface area contributed by atoms with Crippen molar-refractivity contribution in [2.75, 3.05) is 20.2 Å². The number of likely N-dealkylation sites (tertiary alicyclic amines) is 1. The van der Waals surface area contributed by atoms with Crippen LogP contribution in [-0.2, 0) is 6.54 Å². The zero-order valence-corrected chi connectivity index (χ0v) is 12.6. The molecule has 0 spiro atoms. The molecule has 1 fully saturated rings. The van der Waals surface area contributed by atoms with Gasteiger partial charge in [-0.2, -0.15) is 4.98 Å². The molecular weight excluding hydrogens is 266 g/mol. The normalized spacial score (nSPS) is 17.0. The van der Waals surface area contributed by atoms with E-state index < -0.39 is 0 Å². The molecule has 1 aliphatic rings. The Morgan fingerprint density at radius 3 is 2.62 bits per heavy atom. The summed E-state index contributed by atoms with van der Waals surface area (Å²) in [6.45, 7) is 5.32. The van der Waals surface area contributed by atoms with Crippen LogP contribution in [0.3, 0.4) is 0 Å². The number of rotatable bonds is 4. The lowest BCUT2D eigenvalue weighted by atomic mass is 9.99. The van der Waals surface area contributed by atoms with E-state index in [1.54, 1.807) is 7.11 Å². The SMILES string of the molecule is COc1ccc(-c2nc(CN3CCC(C)CC3)no2)cc1. The largest absolute Gasteiger partial charge is 0.497 e. The summed E-state index contributed by atoms with van der Waals surface area (Å²) in [5.41, 5.74) is 0.918. The van der Waals surface area contributed by atoms with Crippen LogP contribution in [0.25, 0.3) is 11.5 Å². The van der Waals surface area contributed by atoms with Crippen LogP contribution in [0, 0.1) is 5.92 Å². The first kappa shape index (κ1) is 14.1. The number of methoxy groups -OCH3 is 1. The van der Waals surface area contributed by atoms with Gasteiger partial charge in [-0.3, -0.25) is 4.90 Å². The molecule has 1 aromatic carbocycles. The van der Waals surface area contributed by atoms with Crippen LogP contribution in [0.1, 0.15) is 25.6 Å². The van der Waals surface area contributed by atoms with Crippen molar-refractivity contribution in [2.24, 2.45) is 5.92 Å². The molecule has 112 valence electrons. The monoisotopic (exact) mass is 287 g/mol. The van der Waals surface area contributed by atoms with Crippen LogP contribution in [0.4, 0.5) is 0 Å². The Labute approximate surface area is 124 Å². The average Bonchev–Trinajstić information content (AvgIpc) is 2.98. The molecule has 0 N–H and O–H groups in total. The van der Waals surface area contributed by atoms with Crippen LogP contribution in [-0.4, -0.2) is 35.2 Å². The third-order valence-corrected chi connectivity index (χ3v) is 4.05. The molecule has 3 rings (SSSR count).